The van der Waals surface area contributed by atoms with Gasteiger partial charge < -0.3 is 19.5 Å². The fraction of sp³-hybridized carbons (Fsp3) is 0.556. The van der Waals surface area contributed by atoms with Crippen molar-refractivity contribution in [1.29, 1.82) is 0 Å². The molecule has 24 heavy (non-hydrogen) atoms. The average Bonchev–Trinajstić information content (AvgIpc) is 3.28. The summed E-state index contributed by atoms with van der Waals surface area (Å²) in [6, 6.07) is 5.36. The second-order valence-electron chi connectivity index (χ2n) is 6.56. The Balaban J connectivity index is 1.74. The molecule has 0 spiro atoms. The molecule has 1 aromatic carbocycles. The van der Waals surface area contributed by atoms with Crippen molar-refractivity contribution in [3.63, 3.8) is 0 Å². The van der Waals surface area contributed by atoms with Gasteiger partial charge in [-0.1, -0.05) is 0 Å². The molecule has 1 saturated heterocycles. The number of likely N-dealkylation sites (tertiary alicyclic amines) is 1. The van der Waals surface area contributed by atoms with Gasteiger partial charge in [-0.25, -0.2) is 0 Å². The van der Waals surface area contributed by atoms with Gasteiger partial charge in [0.25, 0.3) is 0 Å². The first-order valence-electron chi connectivity index (χ1n) is 8.23. The molecule has 3 rings (SSSR count). The van der Waals surface area contributed by atoms with Crippen LogP contribution in [0.1, 0.15) is 31.2 Å². The summed E-state index contributed by atoms with van der Waals surface area (Å²) in [5.74, 6) is 0.288. The van der Waals surface area contributed by atoms with Gasteiger partial charge in [0.15, 0.2) is 0 Å². The monoisotopic (exact) mass is 333 g/mol. The van der Waals surface area contributed by atoms with E-state index in [1.165, 1.54) is 0 Å². The summed E-state index contributed by atoms with van der Waals surface area (Å²) in [4.78, 5) is 25.8. The Hall–Kier alpha value is -2.24. The van der Waals surface area contributed by atoms with E-state index in [1.54, 1.807) is 19.1 Å². The molecule has 4 atom stereocenters. The number of hydrogen-bond donors (Lipinski definition) is 1. The van der Waals surface area contributed by atoms with Crippen LogP contribution in [-0.4, -0.2) is 48.7 Å². The van der Waals surface area contributed by atoms with E-state index in [4.69, 9.17) is 9.47 Å². The quantitative estimate of drug-likeness (QED) is 0.893. The molecule has 0 bridgehead atoms. The summed E-state index contributed by atoms with van der Waals surface area (Å²) in [7, 11) is 3.23. The second kappa shape index (κ2) is 6.34. The van der Waals surface area contributed by atoms with E-state index in [1.807, 2.05) is 25.1 Å². The van der Waals surface area contributed by atoms with Crippen LogP contribution < -0.4 is 9.47 Å². The number of methoxy groups -OCH3 is 2. The van der Waals surface area contributed by atoms with Crippen molar-refractivity contribution in [1.82, 2.24) is 4.90 Å². The molecule has 130 valence electrons. The lowest BCUT2D eigenvalue weighted by Gasteiger charge is -2.23. The highest BCUT2D eigenvalue weighted by Gasteiger charge is 2.50. The Bertz CT molecular complexity index is 659. The van der Waals surface area contributed by atoms with Gasteiger partial charge in [-0.15, -0.1) is 0 Å². The van der Waals surface area contributed by atoms with E-state index < -0.39 is 11.9 Å². The van der Waals surface area contributed by atoms with E-state index in [2.05, 4.69) is 0 Å². The Labute approximate surface area is 141 Å². The number of carbonyl (C=O) groups excluding carboxylic acids is 1. The van der Waals surface area contributed by atoms with E-state index in [9.17, 15) is 14.7 Å². The topological polar surface area (TPSA) is 76.1 Å². The maximum atomic E-state index is 12.8. The molecule has 1 heterocycles. The van der Waals surface area contributed by atoms with Crippen molar-refractivity contribution < 1.29 is 24.2 Å². The third kappa shape index (κ3) is 2.81. The Morgan fingerprint density at radius 2 is 1.96 bits per heavy atom. The largest absolute Gasteiger partial charge is 0.497 e. The molecule has 1 amide bonds. The standard InChI is InChI=1S/C18H23NO5/c1-10-12(18(21)22)6-7-19(10)17(20)15-9-13(15)14-8-11(23-2)4-5-16(14)24-3/h4-5,8,10,12-13,15H,6-7,9H2,1-3H3,(H,21,22). The minimum absolute atomic E-state index is 0.0566. The maximum absolute atomic E-state index is 12.8. The predicted octanol–water partition coefficient (Wildman–Crippen LogP) is 2.13. The second-order valence-corrected chi connectivity index (χ2v) is 6.56. The van der Waals surface area contributed by atoms with Gasteiger partial charge in [-0.05, 0) is 38.0 Å². The molecule has 6 nitrogen and oxygen atoms in total. The van der Waals surface area contributed by atoms with Gasteiger partial charge in [-0.2, -0.15) is 0 Å². The van der Waals surface area contributed by atoms with Gasteiger partial charge in [0.2, 0.25) is 5.91 Å². The highest BCUT2D eigenvalue weighted by atomic mass is 16.5. The van der Waals surface area contributed by atoms with Gasteiger partial charge in [0.1, 0.15) is 11.5 Å². The number of hydrogen-bond acceptors (Lipinski definition) is 4. The zero-order valence-electron chi connectivity index (χ0n) is 14.2. The molecule has 1 saturated carbocycles. The Morgan fingerprint density at radius 1 is 1.21 bits per heavy atom. The maximum Gasteiger partial charge on any atom is 0.308 e. The number of aliphatic carboxylic acids is 1. The van der Waals surface area contributed by atoms with Crippen LogP contribution in [0.25, 0.3) is 0 Å². The normalized spacial score (nSPS) is 28.5. The molecule has 6 heteroatoms. The minimum Gasteiger partial charge on any atom is -0.497 e. The van der Waals surface area contributed by atoms with E-state index in [-0.39, 0.29) is 23.8 Å². The summed E-state index contributed by atoms with van der Waals surface area (Å²) in [6.45, 7) is 2.35. The minimum atomic E-state index is -0.820. The van der Waals surface area contributed by atoms with Crippen molar-refractivity contribution in [2.45, 2.75) is 31.7 Å². The molecular formula is C18H23NO5. The molecule has 4 unspecified atom stereocenters. The van der Waals surface area contributed by atoms with Gasteiger partial charge in [0.05, 0.1) is 20.1 Å². The van der Waals surface area contributed by atoms with Crippen LogP contribution in [0.4, 0.5) is 0 Å². The summed E-state index contributed by atoms with van der Waals surface area (Å²) in [5, 5.41) is 9.23. The first kappa shape index (κ1) is 16.6. The summed E-state index contributed by atoms with van der Waals surface area (Å²) >= 11 is 0. The zero-order chi connectivity index (χ0) is 17.4. The van der Waals surface area contributed by atoms with Gasteiger partial charge >= 0.3 is 5.97 Å². The van der Waals surface area contributed by atoms with Crippen molar-refractivity contribution in [3.05, 3.63) is 23.8 Å². The molecule has 1 aromatic rings. The number of carboxylic acid groups (broad SMARTS) is 1. The van der Waals surface area contributed by atoms with E-state index in [0.29, 0.717) is 13.0 Å². The lowest BCUT2D eigenvalue weighted by molar-refractivity contribution is -0.143. The lowest BCUT2D eigenvalue weighted by atomic mass is 10.0. The Kier molecular flexibility index (Phi) is 4.39. The van der Waals surface area contributed by atoms with E-state index in [0.717, 1.165) is 23.5 Å². The zero-order valence-corrected chi connectivity index (χ0v) is 14.2. The smallest absolute Gasteiger partial charge is 0.308 e. The first-order valence-corrected chi connectivity index (χ1v) is 8.23. The first-order chi connectivity index (χ1) is 11.5. The van der Waals surface area contributed by atoms with Crippen LogP contribution in [0.2, 0.25) is 0 Å². The van der Waals surface area contributed by atoms with E-state index >= 15 is 0 Å². The van der Waals surface area contributed by atoms with Crippen molar-refractivity contribution in [3.8, 4) is 11.5 Å². The highest BCUT2D eigenvalue weighted by molar-refractivity contribution is 5.85. The van der Waals surface area contributed by atoms with Crippen LogP contribution >= 0.6 is 0 Å². The number of ether oxygens (including phenoxy) is 2. The average molecular weight is 333 g/mol. The summed E-state index contributed by atoms with van der Waals surface area (Å²) in [6.07, 6.45) is 1.30. The third-order valence-electron chi connectivity index (χ3n) is 5.30. The number of carbonyl (C=O) groups is 2. The lowest BCUT2D eigenvalue weighted by Crippen LogP contribution is -2.38. The third-order valence-corrected chi connectivity index (χ3v) is 5.30. The van der Waals surface area contributed by atoms with Crippen LogP contribution in [0, 0.1) is 11.8 Å². The molecule has 0 aromatic heterocycles. The fourth-order valence-electron chi connectivity index (χ4n) is 3.73. The summed E-state index contributed by atoms with van der Waals surface area (Å²) in [5.41, 5.74) is 0.983. The fourth-order valence-corrected chi connectivity index (χ4v) is 3.73. The van der Waals surface area contributed by atoms with Crippen molar-refractivity contribution in [2.75, 3.05) is 20.8 Å². The summed E-state index contributed by atoms with van der Waals surface area (Å²) < 4.78 is 10.7. The molecule has 1 aliphatic carbocycles. The number of benzene rings is 1. The molecule has 0 radical (unpaired) electrons. The molecule has 1 N–H and O–H groups in total. The van der Waals surface area contributed by atoms with Crippen molar-refractivity contribution in [2.24, 2.45) is 11.8 Å². The van der Waals surface area contributed by atoms with Gasteiger partial charge in [0, 0.05) is 30.0 Å². The van der Waals surface area contributed by atoms with Crippen LogP contribution in [0.3, 0.4) is 0 Å². The predicted molar refractivity (Wildman–Crippen MR) is 87.3 cm³/mol. The van der Waals surface area contributed by atoms with Crippen LogP contribution in [0.15, 0.2) is 18.2 Å². The molecular weight excluding hydrogens is 310 g/mol. The molecule has 1 aliphatic heterocycles. The SMILES string of the molecule is COc1ccc(OC)c(C2CC2C(=O)N2CCC(C(=O)O)C2C)c1. The highest BCUT2D eigenvalue weighted by Crippen LogP contribution is 2.52. The van der Waals surface area contributed by atoms with Crippen molar-refractivity contribution >= 4 is 11.9 Å². The molecule has 2 fully saturated rings. The number of rotatable bonds is 5. The molecule has 2 aliphatic rings. The van der Waals surface area contributed by atoms with Gasteiger partial charge in [-0.3, -0.25) is 9.59 Å². The number of amides is 1. The van der Waals surface area contributed by atoms with Crippen LogP contribution in [0.5, 0.6) is 11.5 Å². The van der Waals surface area contributed by atoms with Crippen LogP contribution in [-0.2, 0) is 9.59 Å². The number of nitrogens with zero attached hydrogens (tertiary/aromatic N) is 1. The Morgan fingerprint density at radius 3 is 2.54 bits per heavy atom. The number of carboxylic acids is 1.